The molecule has 1 aromatic rings. The molecule has 1 fully saturated rings. The molecule has 1 aliphatic heterocycles. The van der Waals surface area contributed by atoms with Crippen LogP contribution in [-0.2, 0) is 11.3 Å². The van der Waals surface area contributed by atoms with Crippen LogP contribution in [0.1, 0.15) is 24.0 Å². The fraction of sp³-hybridized carbons (Fsp3) is 0.632. The van der Waals surface area contributed by atoms with Gasteiger partial charge in [-0.2, -0.15) is 0 Å². The molecule has 1 saturated heterocycles. The second-order valence-electron chi connectivity index (χ2n) is 6.91. The van der Waals surface area contributed by atoms with Crippen molar-refractivity contribution in [1.29, 1.82) is 0 Å². The average Bonchev–Trinajstić information content (AvgIpc) is 2.56. The molecular formula is C19H31N3O2. The first-order valence-corrected chi connectivity index (χ1v) is 8.91. The lowest BCUT2D eigenvalue weighted by atomic mass is 9.96. The molecule has 2 N–H and O–H groups in total. The highest BCUT2D eigenvalue weighted by Crippen LogP contribution is 2.17. The molecule has 24 heavy (non-hydrogen) atoms. The number of likely N-dealkylation sites (tertiary alicyclic amines) is 1. The van der Waals surface area contributed by atoms with Gasteiger partial charge in [-0.1, -0.05) is 24.3 Å². The molecule has 0 spiro atoms. The van der Waals surface area contributed by atoms with Crippen molar-refractivity contribution in [1.82, 2.24) is 15.1 Å². The van der Waals surface area contributed by atoms with Crippen molar-refractivity contribution in [2.45, 2.75) is 26.3 Å². The highest BCUT2D eigenvalue weighted by Gasteiger charge is 2.20. The summed E-state index contributed by atoms with van der Waals surface area (Å²) >= 11 is 0. The minimum absolute atomic E-state index is 0.0819. The number of aryl methyl sites for hydroxylation is 1. The Bertz CT molecular complexity index is 513. The highest BCUT2D eigenvalue weighted by atomic mass is 16.3. The van der Waals surface area contributed by atoms with Crippen LogP contribution in [-0.4, -0.2) is 67.2 Å². The Hall–Kier alpha value is -1.43. The van der Waals surface area contributed by atoms with Crippen LogP contribution in [0.2, 0.25) is 0 Å². The number of likely N-dealkylation sites (N-methyl/N-ethyl adjacent to an activating group) is 1. The number of hydrogen-bond acceptors (Lipinski definition) is 4. The number of nitrogens with zero attached hydrogens (tertiary/aromatic N) is 2. The predicted molar refractivity (Wildman–Crippen MR) is 96.8 cm³/mol. The normalized spacial score (nSPS) is 16.5. The Morgan fingerprint density at radius 2 is 2.04 bits per heavy atom. The van der Waals surface area contributed by atoms with Crippen LogP contribution in [0.4, 0.5) is 0 Å². The third-order valence-corrected chi connectivity index (χ3v) is 4.84. The van der Waals surface area contributed by atoms with Crippen molar-refractivity contribution in [3.8, 4) is 0 Å². The lowest BCUT2D eigenvalue weighted by Gasteiger charge is -2.33. The summed E-state index contributed by atoms with van der Waals surface area (Å²) in [5.74, 6) is 0.729. The predicted octanol–water partition coefficient (Wildman–Crippen LogP) is 1.25. The molecule has 0 unspecified atom stereocenters. The molecule has 1 heterocycles. The van der Waals surface area contributed by atoms with E-state index >= 15 is 0 Å². The van der Waals surface area contributed by atoms with Crippen molar-refractivity contribution in [3.63, 3.8) is 0 Å². The maximum absolute atomic E-state index is 12.1. The molecule has 0 saturated carbocycles. The number of carbonyl (C=O) groups excluding carboxylic acids is 1. The van der Waals surface area contributed by atoms with Gasteiger partial charge < -0.3 is 15.3 Å². The van der Waals surface area contributed by atoms with Crippen LogP contribution in [0.25, 0.3) is 0 Å². The Morgan fingerprint density at radius 1 is 1.33 bits per heavy atom. The molecule has 134 valence electrons. The number of aliphatic hydroxyl groups excluding tert-OH is 1. The first kappa shape index (κ1) is 18.9. The second-order valence-corrected chi connectivity index (χ2v) is 6.91. The van der Waals surface area contributed by atoms with Crippen molar-refractivity contribution >= 4 is 5.91 Å². The number of β-amino-alcohol motifs (C(OH)–C–C–N with tert-alkyl or cyclic N) is 1. The van der Waals surface area contributed by atoms with Crippen LogP contribution >= 0.6 is 0 Å². The van der Waals surface area contributed by atoms with Gasteiger partial charge in [0.2, 0.25) is 5.91 Å². The quantitative estimate of drug-likeness (QED) is 0.752. The molecule has 0 bridgehead atoms. The Balaban J connectivity index is 1.66. The van der Waals surface area contributed by atoms with Gasteiger partial charge in [-0.25, -0.2) is 0 Å². The monoisotopic (exact) mass is 333 g/mol. The standard InChI is InChI=1S/C19H31N3O2/c1-16-5-3-4-6-18(16)13-20-19(24)15-21(2)14-17-7-9-22(10-8-17)11-12-23/h3-6,17,23H,7-15H2,1-2H3,(H,20,24). The third kappa shape index (κ3) is 6.23. The molecule has 0 radical (unpaired) electrons. The molecule has 0 aliphatic carbocycles. The van der Waals surface area contributed by atoms with E-state index in [2.05, 4.69) is 34.2 Å². The number of nitrogens with one attached hydrogen (secondary N) is 1. The molecule has 5 heteroatoms. The summed E-state index contributed by atoms with van der Waals surface area (Å²) in [6, 6.07) is 8.14. The first-order chi connectivity index (χ1) is 11.6. The Labute approximate surface area is 145 Å². The molecule has 1 aromatic carbocycles. The SMILES string of the molecule is Cc1ccccc1CNC(=O)CN(C)CC1CCN(CCO)CC1. The zero-order chi connectivity index (χ0) is 17.4. The number of amides is 1. The smallest absolute Gasteiger partial charge is 0.234 e. The van der Waals surface area contributed by atoms with Gasteiger partial charge in [-0.3, -0.25) is 9.69 Å². The van der Waals surface area contributed by atoms with E-state index in [1.165, 1.54) is 11.1 Å². The van der Waals surface area contributed by atoms with Crippen LogP contribution < -0.4 is 5.32 Å². The van der Waals surface area contributed by atoms with E-state index in [1.807, 2.05) is 19.2 Å². The minimum Gasteiger partial charge on any atom is -0.395 e. The van der Waals surface area contributed by atoms with E-state index in [0.717, 1.165) is 39.0 Å². The van der Waals surface area contributed by atoms with Crippen molar-refractivity contribution in [3.05, 3.63) is 35.4 Å². The van der Waals surface area contributed by atoms with Gasteiger partial charge in [0.15, 0.2) is 0 Å². The molecule has 1 aliphatic rings. The topological polar surface area (TPSA) is 55.8 Å². The molecular weight excluding hydrogens is 302 g/mol. The van der Waals surface area contributed by atoms with Crippen LogP contribution in [0.5, 0.6) is 0 Å². The van der Waals surface area contributed by atoms with E-state index in [4.69, 9.17) is 5.11 Å². The Morgan fingerprint density at radius 3 is 2.71 bits per heavy atom. The number of benzene rings is 1. The van der Waals surface area contributed by atoms with E-state index in [0.29, 0.717) is 19.0 Å². The summed E-state index contributed by atoms with van der Waals surface area (Å²) in [5, 5.41) is 12.0. The number of hydrogen-bond donors (Lipinski definition) is 2. The summed E-state index contributed by atoms with van der Waals surface area (Å²) < 4.78 is 0. The van der Waals surface area contributed by atoms with Crippen molar-refractivity contribution in [2.24, 2.45) is 5.92 Å². The number of rotatable bonds is 8. The fourth-order valence-electron chi connectivity index (χ4n) is 3.34. The highest BCUT2D eigenvalue weighted by molar-refractivity contribution is 5.78. The lowest BCUT2D eigenvalue weighted by molar-refractivity contribution is -0.122. The molecule has 1 amide bonds. The van der Waals surface area contributed by atoms with E-state index in [9.17, 15) is 4.79 Å². The maximum atomic E-state index is 12.1. The van der Waals surface area contributed by atoms with Gasteiger partial charge >= 0.3 is 0 Å². The van der Waals surface area contributed by atoms with Gasteiger partial charge in [0.05, 0.1) is 13.2 Å². The zero-order valence-electron chi connectivity index (χ0n) is 15.0. The summed E-state index contributed by atoms with van der Waals surface area (Å²) in [5.41, 5.74) is 2.38. The molecule has 2 rings (SSSR count). The number of carbonyl (C=O) groups is 1. The second kappa shape index (κ2) is 9.77. The summed E-state index contributed by atoms with van der Waals surface area (Å²) in [6.45, 7) is 7.20. The zero-order valence-corrected chi connectivity index (χ0v) is 15.0. The Kier molecular flexibility index (Phi) is 7.69. The molecule has 0 atom stereocenters. The summed E-state index contributed by atoms with van der Waals surface area (Å²) in [4.78, 5) is 16.6. The van der Waals surface area contributed by atoms with Gasteiger partial charge in [0.25, 0.3) is 0 Å². The van der Waals surface area contributed by atoms with Crippen LogP contribution in [0.15, 0.2) is 24.3 Å². The average molecular weight is 333 g/mol. The van der Waals surface area contributed by atoms with E-state index < -0.39 is 0 Å². The largest absolute Gasteiger partial charge is 0.395 e. The van der Waals surface area contributed by atoms with Crippen LogP contribution in [0.3, 0.4) is 0 Å². The van der Waals surface area contributed by atoms with Gasteiger partial charge in [-0.15, -0.1) is 0 Å². The van der Waals surface area contributed by atoms with Crippen molar-refractivity contribution < 1.29 is 9.90 Å². The summed E-state index contributed by atoms with van der Waals surface area (Å²) in [7, 11) is 2.02. The van der Waals surface area contributed by atoms with Gasteiger partial charge in [0, 0.05) is 19.6 Å². The third-order valence-electron chi connectivity index (χ3n) is 4.84. The molecule has 5 nitrogen and oxygen atoms in total. The van der Waals surface area contributed by atoms with E-state index in [1.54, 1.807) is 0 Å². The number of piperidine rings is 1. The summed E-state index contributed by atoms with van der Waals surface area (Å²) in [6.07, 6.45) is 2.30. The maximum Gasteiger partial charge on any atom is 0.234 e. The number of aliphatic hydroxyl groups is 1. The molecule has 0 aromatic heterocycles. The first-order valence-electron chi connectivity index (χ1n) is 8.91. The van der Waals surface area contributed by atoms with Gasteiger partial charge in [0.1, 0.15) is 0 Å². The van der Waals surface area contributed by atoms with E-state index in [-0.39, 0.29) is 12.5 Å². The minimum atomic E-state index is 0.0819. The van der Waals surface area contributed by atoms with Crippen LogP contribution in [0, 0.1) is 12.8 Å². The lowest BCUT2D eigenvalue weighted by Crippen LogP contribution is -2.41. The van der Waals surface area contributed by atoms with Gasteiger partial charge in [-0.05, 0) is 56.9 Å². The van der Waals surface area contributed by atoms with Crippen molar-refractivity contribution in [2.75, 3.05) is 46.4 Å². The fourth-order valence-corrected chi connectivity index (χ4v) is 3.34.